The molecule has 2 aromatic rings. The van der Waals surface area contributed by atoms with Gasteiger partial charge in [-0.15, -0.1) is 0 Å². The molecule has 6 nitrogen and oxygen atoms in total. The smallest absolute Gasteiger partial charge is 0.254 e. The minimum atomic E-state index is -0.437. The molecule has 23 heavy (non-hydrogen) atoms. The Kier molecular flexibility index (Phi) is 8.83. The molecule has 0 unspecified atom stereocenters. The molecule has 2 heterocycles. The summed E-state index contributed by atoms with van der Waals surface area (Å²) >= 11 is 0. The Morgan fingerprint density at radius 1 is 0.826 bits per heavy atom. The number of carbonyl (C=O) groups is 2. The van der Waals surface area contributed by atoms with E-state index in [4.69, 9.17) is 11.5 Å². The van der Waals surface area contributed by atoms with Crippen LogP contribution in [0.4, 0.5) is 0 Å². The second kappa shape index (κ2) is 9.76. The van der Waals surface area contributed by atoms with Crippen LogP contribution in [-0.4, -0.2) is 11.8 Å². The predicted molar refractivity (Wildman–Crippen MR) is 74.9 cm³/mol. The second-order valence-corrected chi connectivity index (χ2v) is 4.74. The monoisotopic (exact) mass is 356 g/mol. The van der Waals surface area contributed by atoms with Crippen molar-refractivity contribution in [3.05, 3.63) is 60.2 Å². The van der Waals surface area contributed by atoms with Gasteiger partial charge in [0.05, 0.1) is 6.42 Å². The van der Waals surface area contributed by atoms with E-state index in [1.54, 1.807) is 36.7 Å². The van der Waals surface area contributed by atoms with Crippen molar-refractivity contribution >= 4 is 11.8 Å². The van der Waals surface area contributed by atoms with Gasteiger partial charge in [0.2, 0.25) is 0 Å². The topological polar surface area (TPSA) is 93.9 Å². The Morgan fingerprint density at radius 3 is 1.57 bits per heavy atom. The molecule has 0 fully saturated rings. The zero-order valence-electron chi connectivity index (χ0n) is 12.4. The normalized spacial score (nSPS) is 9.39. The second-order valence-electron chi connectivity index (χ2n) is 4.74. The fraction of sp³-hybridized carbons (Fsp3) is 0.200. The number of hydrogen-bond acceptors (Lipinski definition) is 2. The third kappa shape index (κ3) is 6.22. The molecule has 0 atom stereocenters. The number of halogens is 2. The number of hydrogen-bond donors (Lipinski definition) is 2. The number of carbonyl (C=O) groups excluding carboxylic acids is 2. The maximum Gasteiger partial charge on any atom is 0.254 e. The molecular weight excluding hydrogens is 339 g/mol. The Hall–Kier alpha value is -2.18. The summed E-state index contributed by atoms with van der Waals surface area (Å²) in [4.78, 5) is 22.2. The van der Waals surface area contributed by atoms with E-state index >= 15 is 0 Å². The zero-order chi connectivity index (χ0) is 15.2. The van der Waals surface area contributed by atoms with E-state index in [1.165, 1.54) is 0 Å². The van der Waals surface area contributed by atoms with Gasteiger partial charge in [-0.3, -0.25) is 9.59 Å². The maximum absolute atomic E-state index is 11.1. The van der Waals surface area contributed by atoms with E-state index < -0.39 is 11.8 Å². The first-order valence-corrected chi connectivity index (χ1v) is 6.64. The molecule has 0 saturated heterocycles. The summed E-state index contributed by atoms with van der Waals surface area (Å²) in [5.41, 5.74) is 11.5. The number of amides is 2. The highest BCUT2D eigenvalue weighted by Crippen LogP contribution is 1.94. The van der Waals surface area contributed by atoms with E-state index in [1.807, 2.05) is 21.5 Å². The van der Waals surface area contributed by atoms with Crippen LogP contribution in [0, 0.1) is 0 Å². The molecule has 0 aliphatic carbocycles. The summed E-state index contributed by atoms with van der Waals surface area (Å²) in [5.74, 6) is -0.874. The first-order chi connectivity index (χ1) is 10.1. The molecule has 0 spiro atoms. The number of primary amides is 2. The van der Waals surface area contributed by atoms with Crippen LogP contribution in [0.15, 0.2) is 49.1 Å². The molecule has 2 rings (SSSR count). The Labute approximate surface area is 146 Å². The van der Waals surface area contributed by atoms with Crippen molar-refractivity contribution in [2.45, 2.75) is 19.5 Å². The number of nitrogens with two attached hydrogens (primary N) is 2. The molecule has 124 valence electrons. The van der Waals surface area contributed by atoms with Crippen LogP contribution >= 0.6 is 0 Å². The lowest BCUT2D eigenvalue weighted by atomic mass is 10.2. The Morgan fingerprint density at radius 2 is 1.22 bits per heavy atom. The summed E-state index contributed by atoms with van der Waals surface area (Å²) < 4.78 is 3.83. The fourth-order valence-electron chi connectivity index (χ4n) is 2.05. The minimum absolute atomic E-state index is 0. The quantitative estimate of drug-likeness (QED) is 0.503. The van der Waals surface area contributed by atoms with E-state index in [0.29, 0.717) is 11.1 Å². The third-order valence-corrected chi connectivity index (χ3v) is 3.12. The SMILES string of the molecule is NC(=O)c1ccc[n+](CCC[n+]2cccc(C(N)=O)c2)c1.[Cl-].[Cl-]. The highest BCUT2D eigenvalue weighted by molar-refractivity contribution is 5.92. The average Bonchev–Trinajstić information content (AvgIpc) is 2.48. The first kappa shape index (κ1) is 20.8. The Bertz CT molecular complexity index is 623. The zero-order valence-corrected chi connectivity index (χ0v) is 13.9. The van der Waals surface area contributed by atoms with Crippen LogP contribution in [0.2, 0.25) is 0 Å². The van der Waals surface area contributed by atoms with Crippen molar-refractivity contribution in [2.24, 2.45) is 11.5 Å². The van der Waals surface area contributed by atoms with Crippen LogP contribution in [0.25, 0.3) is 0 Å². The van der Waals surface area contributed by atoms with Crippen molar-refractivity contribution < 1.29 is 43.5 Å². The first-order valence-electron chi connectivity index (χ1n) is 6.64. The van der Waals surface area contributed by atoms with Crippen molar-refractivity contribution in [3.63, 3.8) is 0 Å². The molecule has 8 heteroatoms. The molecule has 0 aliphatic heterocycles. The number of pyridine rings is 2. The standard InChI is InChI=1S/C15H16N4O2.2ClH/c16-14(20)12-4-1-6-18(10-12)8-3-9-19-7-2-5-13(11-19)15(17)21;;/h1-2,4-7,10-11H,3,8-9H2,(H2-2,16,17,20,21);2*1H. The van der Waals surface area contributed by atoms with Crippen molar-refractivity contribution in [2.75, 3.05) is 0 Å². The van der Waals surface area contributed by atoms with Gasteiger partial charge in [0.15, 0.2) is 37.9 Å². The molecule has 0 aromatic carbocycles. The molecule has 0 radical (unpaired) electrons. The summed E-state index contributed by atoms with van der Waals surface area (Å²) in [7, 11) is 0. The summed E-state index contributed by atoms with van der Waals surface area (Å²) in [6.45, 7) is 1.49. The van der Waals surface area contributed by atoms with Crippen LogP contribution in [0.3, 0.4) is 0 Å². The summed E-state index contributed by atoms with van der Waals surface area (Å²) in [6.07, 6.45) is 8.08. The van der Waals surface area contributed by atoms with E-state index in [-0.39, 0.29) is 24.8 Å². The molecule has 2 amide bonds. The minimum Gasteiger partial charge on any atom is -1.00 e. The van der Waals surface area contributed by atoms with Gasteiger partial charge in [-0.25, -0.2) is 9.13 Å². The largest absolute Gasteiger partial charge is 1.00 e. The van der Waals surface area contributed by atoms with Crippen LogP contribution in [0.1, 0.15) is 27.1 Å². The van der Waals surface area contributed by atoms with Gasteiger partial charge in [-0.2, -0.15) is 0 Å². The molecule has 4 N–H and O–H groups in total. The van der Waals surface area contributed by atoms with Crippen molar-refractivity contribution in [1.29, 1.82) is 0 Å². The molecule has 0 bridgehead atoms. The van der Waals surface area contributed by atoms with Gasteiger partial charge in [-0.1, -0.05) is 0 Å². The van der Waals surface area contributed by atoms with Crippen LogP contribution in [-0.2, 0) is 13.1 Å². The highest BCUT2D eigenvalue weighted by atomic mass is 35.5. The lowest BCUT2D eigenvalue weighted by Gasteiger charge is -1.99. The van der Waals surface area contributed by atoms with Gasteiger partial charge in [0.1, 0.15) is 11.1 Å². The van der Waals surface area contributed by atoms with Gasteiger partial charge in [0.25, 0.3) is 11.8 Å². The third-order valence-electron chi connectivity index (χ3n) is 3.12. The Balaban J connectivity index is 0.00000242. The van der Waals surface area contributed by atoms with Gasteiger partial charge < -0.3 is 36.3 Å². The number of rotatable bonds is 6. The predicted octanol–water partition coefficient (Wildman–Crippen LogP) is -6.44. The molecular formula is C15H18Cl2N4O2. The molecule has 0 saturated carbocycles. The van der Waals surface area contributed by atoms with Gasteiger partial charge >= 0.3 is 0 Å². The fourth-order valence-corrected chi connectivity index (χ4v) is 2.05. The lowest BCUT2D eigenvalue weighted by Crippen LogP contribution is -3.00. The van der Waals surface area contributed by atoms with E-state index in [9.17, 15) is 9.59 Å². The maximum atomic E-state index is 11.1. The number of aromatic nitrogens is 2. The molecule has 0 aliphatic rings. The summed E-state index contributed by atoms with van der Waals surface area (Å²) in [5, 5.41) is 0. The van der Waals surface area contributed by atoms with Crippen molar-refractivity contribution in [3.8, 4) is 0 Å². The van der Waals surface area contributed by atoms with Crippen molar-refractivity contribution in [1.82, 2.24) is 0 Å². The number of nitrogens with zero attached hydrogens (tertiary/aromatic N) is 2. The van der Waals surface area contributed by atoms with Gasteiger partial charge in [0, 0.05) is 12.1 Å². The summed E-state index contributed by atoms with van der Waals surface area (Å²) in [6, 6.07) is 6.95. The average molecular weight is 357 g/mol. The van der Waals surface area contributed by atoms with E-state index in [2.05, 4.69) is 0 Å². The number of aryl methyl sites for hydroxylation is 2. The molecule has 2 aromatic heterocycles. The van der Waals surface area contributed by atoms with Crippen LogP contribution in [0.5, 0.6) is 0 Å². The van der Waals surface area contributed by atoms with E-state index in [0.717, 1.165) is 19.5 Å². The highest BCUT2D eigenvalue weighted by Gasteiger charge is 2.10. The lowest BCUT2D eigenvalue weighted by molar-refractivity contribution is -0.727. The van der Waals surface area contributed by atoms with Crippen LogP contribution < -0.4 is 45.4 Å². The van der Waals surface area contributed by atoms with Gasteiger partial charge in [-0.05, 0) is 12.1 Å².